The van der Waals surface area contributed by atoms with Crippen LogP contribution in [0.3, 0.4) is 0 Å². The lowest BCUT2D eigenvalue weighted by atomic mass is 9.87. The number of benzene rings is 1. The molecule has 7 heteroatoms. The van der Waals surface area contributed by atoms with Crippen LogP contribution in [0, 0.1) is 17.0 Å². The van der Waals surface area contributed by atoms with E-state index in [0.29, 0.717) is 11.9 Å². The maximum Gasteiger partial charge on any atom is 0.329 e. The molecule has 0 radical (unpaired) electrons. The summed E-state index contributed by atoms with van der Waals surface area (Å²) in [7, 11) is 0. The summed E-state index contributed by atoms with van der Waals surface area (Å²) in [6.45, 7) is 3.77. The summed E-state index contributed by atoms with van der Waals surface area (Å²) in [5.41, 5.74) is 8.12. The Morgan fingerprint density at radius 2 is 2.00 bits per heavy atom. The molecule has 1 aliphatic rings. The third-order valence-corrected chi connectivity index (χ3v) is 4.39. The van der Waals surface area contributed by atoms with Gasteiger partial charge in [0.2, 0.25) is 11.8 Å². The van der Waals surface area contributed by atoms with Crippen LogP contribution in [0.1, 0.15) is 29.9 Å². The zero-order chi connectivity index (χ0) is 16.4. The van der Waals surface area contributed by atoms with Crippen LogP contribution in [0.5, 0.6) is 0 Å². The number of rotatable bonds is 3. The second-order valence-electron chi connectivity index (χ2n) is 5.82. The summed E-state index contributed by atoms with van der Waals surface area (Å²) in [5, 5.41) is 10.8. The molecule has 0 aliphatic carbocycles. The monoisotopic (exact) mass is 313 g/mol. The summed E-state index contributed by atoms with van der Waals surface area (Å²) in [4.78, 5) is 20.4. The molecule has 7 nitrogen and oxygen atoms in total. The van der Waals surface area contributed by atoms with Crippen molar-refractivity contribution in [3.05, 3.63) is 51.7 Å². The predicted octanol–water partition coefficient (Wildman–Crippen LogP) is 2.66. The van der Waals surface area contributed by atoms with Gasteiger partial charge in [-0.3, -0.25) is 10.1 Å². The van der Waals surface area contributed by atoms with E-state index < -0.39 is 4.92 Å². The molecule has 0 unspecified atom stereocenters. The van der Waals surface area contributed by atoms with Gasteiger partial charge in [-0.25, -0.2) is 4.98 Å². The molecule has 0 bridgehead atoms. The molecular weight excluding hydrogens is 294 g/mol. The van der Waals surface area contributed by atoms with Gasteiger partial charge in [0, 0.05) is 13.1 Å². The van der Waals surface area contributed by atoms with Gasteiger partial charge in [0.1, 0.15) is 6.20 Å². The first-order valence-corrected chi connectivity index (χ1v) is 7.63. The van der Waals surface area contributed by atoms with E-state index in [1.165, 1.54) is 17.3 Å². The van der Waals surface area contributed by atoms with E-state index >= 15 is 0 Å². The van der Waals surface area contributed by atoms with Gasteiger partial charge in [-0.15, -0.1) is 0 Å². The molecule has 0 spiro atoms. The SMILES string of the molecule is Cc1ccccc1C1CCN(c2ncc([N+](=O)[O-])c(N)n2)CC1. The molecule has 1 saturated heterocycles. The fraction of sp³-hybridized carbons (Fsp3) is 0.375. The van der Waals surface area contributed by atoms with Crippen molar-refractivity contribution in [3.8, 4) is 0 Å². The summed E-state index contributed by atoms with van der Waals surface area (Å²) in [5.74, 6) is 0.917. The second kappa shape index (κ2) is 6.20. The molecule has 1 aromatic heterocycles. The summed E-state index contributed by atoms with van der Waals surface area (Å²) < 4.78 is 0. The van der Waals surface area contributed by atoms with Crippen molar-refractivity contribution < 1.29 is 4.92 Å². The average Bonchev–Trinajstić information content (AvgIpc) is 2.55. The quantitative estimate of drug-likeness (QED) is 0.691. The molecule has 1 aliphatic heterocycles. The Morgan fingerprint density at radius 3 is 2.61 bits per heavy atom. The molecular formula is C16H19N5O2. The van der Waals surface area contributed by atoms with Crippen molar-refractivity contribution in [1.29, 1.82) is 0 Å². The van der Waals surface area contributed by atoms with E-state index in [4.69, 9.17) is 5.73 Å². The van der Waals surface area contributed by atoms with Gasteiger partial charge in [-0.2, -0.15) is 4.98 Å². The van der Waals surface area contributed by atoms with Crippen LogP contribution in [-0.4, -0.2) is 28.0 Å². The Kier molecular flexibility index (Phi) is 4.10. The lowest BCUT2D eigenvalue weighted by Crippen LogP contribution is -2.34. The first-order valence-electron chi connectivity index (χ1n) is 7.63. The largest absolute Gasteiger partial charge is 0.378 e. The van der Waals surface area contributed by atoms with E-state index in [-0.39, 0.29) is 11.5 Å². The Labute approximate surface area is 134 Å². The van der Waals surface area contributed by atoms with Crippen molar-refractivity contribution in [2.24, 2.45) is 0 Å². The average molecular weight is 313 g/mol. The minimum absolute atomic E-state index is 0.0824. The fourth-order valence-electron chi connectivity index (χ4n) is 3.11. The van der Waals surface area contributed by atoms with Gasteiger partial charge in [-0.05, 0) is 36.8 Å². The van der Waals surface area contributed by atoms with Gasteiger partial charge in [0.15, 0.2) is 0 Å². The predicted molar refractivity (Wildman–Crippen MR) is 88.5 cm³/mol. The number of aromatic nitrogens is 2. The van der Waals surface area contributed by atoms with Crippen molar-refractivity contribution >= 4 is 17.5 Å². The number of nitrogens with zero attached hydrogens (tertiary/aromatic N) is 4. The smallest absolute Gasteiger partial charge is 0.329 e. The van der Waals surface area contributed by atoms with E-state index in [2.05, 4.69) is 41.2 Å². The Bertz CT molecular complexity index is 726. The van der Waals surface area contributed by atoms with Gasteiger partial charge in [0.25, 0.3) is 0 Å². The van der Waals surface area contributed by atoms with E-state index in [9.17, 15) is 10.1 Å². The van der Waals surface area contributed by atoms with Crippen LogP contribution < -0.4 is 10.6 Å². The molecule has 120 valence electrons. The minimum Gasteiger partial charge on any atom is -0.378 e. The number of anilines is 2. The number of nitro groups is 1. The van der Waals surface area contributed by atoms with Crippen molar-refractivity contribution in [2.45, 2.75) is 25.7 Å². The Hall–Kier alpha value is -2.70. The first-order chi connectivity index (χ1) is 11.1. The van der Waals surface area contributed by atoms with Crippen molar-refractivity contribution in [2.75, 3.05) is 23.7 Å². The maximum atomic E-state index is 10.8. The van der Waals surface area contributed by atoms with Crippen molar-refractivity contribution in [1.82, 2.24) is 9.97 Å². The summed E-state index contributed by atoms with van der Waals surface area (Å²) >= 11 is 0. The molecule has 3 rings (SSSR count). The zero-order valence-corrected chi connectivity index (χ0v) is 13.0. The molecule has 2 N–H and O–H groups in total. The minimum atomic E-state index is -0.566. The molecule has 2 heterocycles. The Morgan fingerprint density at radius 1 is 1.30 bits per heavy atom. The fourth-order valence-corrected chi connectivity index (χ4v) is 3.11. The summed E-state index contributed by atoms with van der Waals surface area (Å²) in [6, 6.07) is 8.47. The lowest BCUT2D eigenvalue weighted by Gasteiger charge is -2.32. The second-order valence-corrected chi connectivity index (χ2v) is 5.82. The molecule has 0 atom stereocenters. The van der Waals surface area contributed by atoms with Crippen LogP contribution in [0.4, 0.5) is 17.5 Å². The van der Waals surface area contributed by atoms with Crippen LogP contribution in [0.15, 0.2) is 30.5 Å². The molecule has 23 heavy (non-hydrogen) atoms. The van der Waals surface area contributed by atoms with Crippen LogP contribution >= 0.6 is 0 Å². The number of hydrogen-bond donors (Lipinski definition) is 1. The highest BCUT2D eigenvalue weighted by Gasteiger charge is 2.24. The normalized spacial score (nSPS) is 15.6. The molecule has 2 aromatic rings. The van der Waals surface area contributed by atoms with Crippen molar-refractivity contribution in [3.63, 3.8) is 0 Å². The van der Waals surface area contributed by atoms with Gasteiger partial charge < -0.3 is 10.6 Å². The highest BCUT2D eigenvalue weighted by atomic mass is 16.6. The topological polar surface area (TPSA) is 98.2 Å². The molecule has 0 saturated carbocycles. The summed E-state index contributed by atoms with van der Waals surface area (Å²) in [6.07, 6.45) is 3.20. The highest BCUT2D eigenvalue weighted by molar-refractivity contribution is 5.54. The number of nitrogens with two attached hydrogens (primary N) is 1. The van der Waals surface area contributed by atoms with Gasteiger partial charge in [0.05, 0.1) is 4.92 Å². The number of aryl methyl sites for hydroxylation is 1. The number of hydrogen-bond acceptors (Lipinski definition) is 6. The third kappa shape index (κ3) is 3.08. The number of piperidine rings is 1. The lowest BCUT2D eigenvalue weighted by molar-refractivity contribution is -0.384. The van der Waals surface area contributed by atoms with E-state index in [1.807, 2.05) is 4.90 Å². The van der Waals surface area contributed by atoms with Gasteiger partial charge in [-0.1, -0.05) is 24.3 Å². The van der Waals surface area contributed by atoms with Crippen LogP contribution in [0.25, 0.3) is 0 Å². The maximum absolute atomic E-state index is 10.8. The molecule has 0 amide bonds. The zero-order valence-electron chi connectivity index (χ0n) is 13.0. The Balaban J connectivity index is 1.71. The standard InChI is InChI=1S/C16H19N5O2/c1-11-4-2-3-5-13(11)12-6-8-20(9-7-12)16-18-10-14(21(22)23)15(17)19-16/h2-5,10,12H,6-9H2,1H3,(H2,17,18,19). The highest BCUT2D eigenvalue weighted by Crippen LogP contribution is 2.31. The third-order valence-electron chi connectivity index (χ3n) is 4.39. The van der Waals surface area contributed by atoms with Crippen LogP contribution in [-0.2, 0) is 0 Å². The van der Waals surface area contributed by atoms with Gasteiger partial charge >= 0.3 is 5.69 Å². The number of nitrogen functional groups attached to an aromatic ring is 1. The van der Waals surface area contributed by atoms with E-state index in [1.54, 1.807) is 0 Å². The molecule has 1 aromatic carbocycles. The van der Waals surface area contributed by atoms with E-state index in [0.717, 1.165) is 25.9 Å². The first kappa shape index (κ1) is 15.2. The molecule has 1 fully saturated rings. The van der Waals surface area contributed by atoms with Crippen LogP contribution in [0.2, 0.25) is 0 Å².